The van der Waals surface area contributed by atoms with E-state index in [0.717, 1.165) is 23.2 Å². The minimum atomic E-state index is -0.152. The van der Waals surface area contributed by atoms with E-state index in [2.05, 4.69) is 15.6 Å². The highest BCUT2D eigenvalue weighted by molar-refractivity contribution is 5.79. The third kappa shape index (κ3) is 5.72. The lowest BCUT2D eigenvalue weighted by Crippen LogP contribution is -2.33. The first kappa shape index (κ1) is 23.3. The molecule has 1 fully saturated rings. The van der Waals surface area contributed by atoms with Crippen molar-refractivity contribution in [2.24, 2.45) is 5.92 Å². The van der Waals surface area contributed by atoms with E-state index in [0.29, 0.717) is 37.6 Å². The van der Waals surface area contributed by atoms with Gasteiger partial charge in [-0.2, -0.15) is 0 Å². The molecule has 2 aromatic carbocycles. The summed E-state index contributed by atoms with van der Waals surface area (Å²) in [6, 6.07) is 15.5. The van der Waals surface area contributed by atoms with Crippen LogP contribution >= 0.6 is 0 Å². The van der Waals surface area contributed by atoms with Crippen molar-refractivity contribution in [3.05, 3.63) is 60.3 Å². The van der Waals surface area contributed by atoms with Gasteiger partial charge in [-0.25, -0.2) is 4.68 Å². The molecule has 1 aliphatic rings. The molecule has 1 atom stereocenters. The molecule has 1 unspecified atom stereocenters. The van der Waals surface area contributed by atoms with E-state index in [-0.39, 0.29) is 24.3 Å². The lowest BCUT2D eigenvalue weighted by molar-refractivity contribution is -0.127. The van der Waals surface area contributed by atoms with Crippen LogP contribution in [0.3, 0.4) is 0 Å². The zero-order chi connectivity index (χ0) is 23.9. The van der Waals surface area contributed by atoms with Crippen molar-refractivity contribution < 1.29 is 19.1 Å². The Morgan fingerprint density at radius 1 is 1.12 bits per heavy atom. The van der Waals surface area contributed by atoms with Crippen molar-refractivity contribution >= 4 is 11.8 Å². The number of aromatic nitrogens is 3. The van der Waals surface area contributed by atoms with Gasteiger partial charge in [-0.3, -0.25) is 9.59 Å². The first-order valence-corrected chi connectivity index (χ1v) is 11.3. The number of rotatable bonds is 10. The van der Waals surface area contributed by atoms with Crippen LogP contribution in [0.4, 0.5) is 0 Å². The summed E-state index contributed by atoms with van der Waals surface area (Å²) in [6.45, 7) is 1.80. The minimum Gasteiger partial charge on any atom is -0.493 e. The molecular weight excluding hydrogens is 434 g/mol. The number of likely N-dealkylation sites (tertiary alicyclic amines) is 1. The highest BCUT2D eigenvalue weighted by atomic mass is 16.5. The Kier molecular flexibility index (Phi) is 7.41. The molecule has 9 nitrogen and oxygen atoms in total. The van der Waals surface area contributed by atoms with Gasteiger partial charge < -0.3 is 19.7 Å². The Balaban J connectivity index is 1.22. The van der Waals surface area contributed by atoms with E-state index in [1.54, 1.807) is 20.4 Å². The molecule has 0 aliphatic carbocycles. The maximum absolute atomic E-state index is 12.4. The van der Waals surface area contributed by atoms with Crippen molar-refractivity contribution in [2.45, 2.75) is 19.4 Å². The van der Waals surface area contributed by atoms with E-state index < -0.39 is 0 Å². The number of amides is 2. The van der Waals surface area contributed by atoms with Crippen LogP contribution in [0.1, 0.15) is 12.0 Å². The molecule has 0 radical (unpaired) electrons. The monoisotopic (exact) mass is 463 g/mol. The molecule has 0 saturated carbocycles. The van der Waals surface area contributed by atoms with Crippen LogP contribution < -0.4 is 14.8 Å². The summed E-state index contributed by atoms with van der Waals surface area (Å²) in [5.41, 5.74) is 2.75. The lowest BCUT2D eigenvalue weighted by Gasteiger charge is -2.17. The van der Waals surface area contributed by atoms with Crippen molar-refractivity contribution in [1.29, 1.82) is 0 Å². The molecule has 3 aromatic rings. The Hall–Kier alpha value is -3.88. The van der Waals surface area contributed by atoms with Crippen molar-refractivity contribution in [1.82, 2.24) is 25.2 Å². The van der Waals surface area contributed by atoms with Gasteiger partial charge in [0.2, 0.25) is 11.8 Å². The molecule has 1 saturated heterocycles. The number of carbonyl (C=O) groups is 2. The zero-order valence-electron chi connectivity index (χ0n) is 19.4. The summed E-state index contributed by atoms with van der Waals surface area (Å²) < 4.78 is 12.1. The van der Waals surface area contributed by atoms with E-state index >= 15 is 0 Å². The first-order chi connectivity index (χ1) is 16.6. The number of ether oxygens (including phenoxy) is 2. The van der Waals surface area contributed by atoms with E-state index in [9.17, 15) is 9.59 Å². The number of nitrogens with zero attached hydrogens (tertiary/aromatic N) is 4. The Labute approximate surface area is 198 Å². The molecule has 0 spiro atoms. The summed E-state index contributed by atoms with van der Waals surface area (Å²) in [5, 5.41) is 11.1. The fourth-order valence-electron chi connectivity index (χ4n) is 4.09. The van der Waals surface area contributed by atoms with Gasteiger partial charge in [-0.15, -0.1) is 5.10 Å². The van der Waals surface area contributed by atoms with Crippen LogP contribution in [0.25, 0.3) is 11.3 Å². The number of carbonyl (C=O) groups excluding carboxylic acids is 2. The van der Waals surface area contributed by atoms with Crippen molar-refractivity contribution in [3.63, 3.8) is 0 Å². The van der Waals surface area contributed by atoms with Crippen molar-refractivity contribution in [3.8, 4) is 22.8 Å². The number of benzene rings is 2. The predicted octanol–water partition coefficient (Wildman–Crippen LogP) is 2.17. The molecule has 34 heavy (non-hydrogen) atoms. The van der Waals surface area contributed by atoms with Crippen LogP contribution in [-0.4, -0.2) is 65.6 Å². The highest BCUT2D eigenvalue weighted by Crippen LogP contribution is 2.28. The van der Waals surface area contributed by atoms with Crippen LogP contribution in [0.15, 0.2) is 54.7 Å². The second-order valence-corrected chi connectivity index (χ2v) is 8.32. The maximum atomic E-state index is 12.4. The van der Waals surface area contributed by atoms with Gasteiger partial charge in [-0.05, 0) is 24.1 Å². The number of nitrogens with one attached hydrogen (secondary N) is 1. The standard InChI is InChI=1S/C25H29N5O4/c1-33-22-9-8-18(12-23(22)34-2)10-11-29-15-19(13-25(29)32)14-26-24(31)17-30-16-21(27-28-30)20-6-4-3-5-7-20/h3-9,12,16,19H,10-11,13-15,17H2,1-2H3,(H,26,31). The molecule has 0 bridgehead atoms. The molecular formula is C25H29N5O4. The Morgan fingerprint density at radius 2 is 1.91 bits per heavy atom. The molecule has 2 amide bonds. The van der Waals surface area contributed by atoms with Gasteiger partial charge >= 0.3 is 0 Å². The second kappa shape index (κ2) is 10.8. The lowest BCUT2D eigenvalue weighted by atomic mass is 10.1. The average molecular weight is 464 g/mol. The Bertz CT molecular complexity index is 1130. The third-order valence-corrected chi connectivity index (χ3v) is 5.91. The van der Waals surface area contributed by atoms with E-state index in [1.807, 2.05) is 53.4 Å². The summed E-state index contributed by atoms with van der Waals surface area (Å²) in [4.78, 5) is 26.7. The molecule has 178 valence electrons. The molecule has 1 aliphatic heterocycles. The van der Waals surface area contributed by atoms with E-state index in [1.165, 1.54) is 4.68 Å². The minimum absolute atomic E-state index is 0.0868. The Morgan fingerprint density at radius 3 is 2.68 bits per heavy atom. The molecule has 1 aromatic heterocycles. The topological polar surface area (TPSA) is 98.6 Å². The molecule has 2 heterocycles. The van der Waals surface area contributed by atoms with E-state index in [4.69, 9.17) is 9.47 Å². The number of methoxy groups -OCH3 is 2. The molecule has 1 N–H and O–H groups in total. The first-order valence-electron chi connectivity index (χ1n) is 11.3. The van der Waals surface area contributed by atoms with Crippen LogP contribution in [0.5, 0.6) is 11.5 Å². The third-order valence-electron chi connectivity index (χ3n) is 5.91. The largest absolute Gasteiger partial charge is 0.493 e. The zero-order valence-corrected chi connectivity index (χ0v) is 19.4. The summed E-state index contributed by atoms with van der Waals surface area (Å²) in [7, 11) is 3.21. The highest BCUT2D eigenvalue weighted by Gasteiger charge is 2.29. The fourth-order valence-corrected chi connectivity index (χ4v) is 4.09. The summed E-state index contributed by atoms with van der Waals surface area (Å²) in [5.74, 6) is 1.42. The quantitative estimate of drug-likeness (QED) is 0.495. The predicted molar refractivity (Wildman–Crippen MR) is 126 cm³/mol. The maximum Gasteiger partial charge on any atom is 0.241 e. The van der Waals surface area contributed by atoms with Crippen LogP contribution in [0, 0.1) is 5.92 Å². The van der Waals surface area contributed by atoms with Gasteiger partial charge in [0.1, 0.15) is 12.2 Å². The number of hydrogen-bond acceptors (Lipinski definition) is 6. The summed E-state index contributed by atoms with van der Waals surface area (Å²) in [6.07, 6.45) is 2.92. The van der Waals surface area contributed by atoms with Gasteiger partial charge in [0.15, 0.2) is 11.5 Å². The van der Waals surface area contributed by atoms with Crippen LogP contribution in [-0.2, 0) is 22.6 Å². The van der Waals surface area contributed by atoms with Crippen molar-refractivity contribution in [2.75, 3.05) is 33.9 Å². The van der Waals surface area contributed by atoms with Gasteiger partial charge in [-0.1, -0.05) is 41.6 Å². The fraction of sp³-hybridized carbons (Fsp3) is 0.360. The van der Waals surface area contributed by atoms with Gasteiger partial charge in [0.25, 0.3) is 0 Å². The second-order valence-electron chi connectivity index (χ2n) is 8.32. The van der Waals surface area contributed by atoms with Gasteiger partial charge in [0.05, 0.1) is 20.4 Å². The normalized spacial score (nSPS) is 15.4. The number of hydrogen-bond donors (Lipinski definition) is 1. The summed E-state index contributed by atoms with van der Waals surface area (Å²) >= 11 is 0. The SMILES string of the molecule is COc1ccc(CCN2CC(CNC(=O)Cn3cc(-c4ccccc4)nn3)CC2=O)cc1OC. The van der Waals surface area contributed by atoms with Crippen LogP contribution in [0.2, 0.25) is 0 Å². The molecule has 4 rings (SSSR count). The average Bonchev–Trinajstić information content (AvgIpc) is 3.47. The van der Waals surface area contributed by atoms with Gasteiger partial charge in [0, 0.05) is 37.5 Å². The molecule has 9 heteroatoms. The smallest absolute Gasteiger partial charge is 0.241 e.